The molecule has 2 amide bonds. The minimum absolute atomic E-state index is 0.229. The number of carbonyl (C=O) groups is 3. The van der Waals surface area contributed by atoms with E-state index in [1.807, 2.05) is 0 Å². The van der Waals surface area contributed by atoms with Gasteiger partial charge in [-0.15, -0.1) is 0 Å². The van der Waals surface area contributed by atoms with E-state index in [9.17, 15) is 14.4 Å². The highest BCUT2D eigenvalue weighted by Gasteiger charge is 2.66. The SMILES string of the molecule is CCN1C(=O)[C@H]2[C@@H](c3ccccc3N=[N+]=[N-])N[C@@](C)(C(=O)OC)[C@H]2C1=O. The van der Waals surface area contributed by atoms with Crippen LogP contribution in [0.1, 0.15) is 25.5 Å². The van der Waals surface area contributed by atoms with E-state index in [1.165, 1.54) is 12.0 Å². The molecule has 1 N–H and O–H groups in total. The van der Waals surface area contributed by atoms with Gasteiger partial charge in [-0.3, -0.25) is 24.6 Å². The second-order valence-corrected chi connectivity index (χ2v) is 6.49. The third-order valence-corrected chi connectivity index (χ3v) is 5.23. The van der Waals surface area contributed by atoms with Crippen molar-refractivity contribution in [1.29, 1.82) is 0 Å². The molecule has 0 bridgehead atoms. The van der Waals surface area contributed by atoms with Crippen molar-refractivity contribution in [1.82, 2.24) is 10.2 Å². The fourth-order valence-corrected chi connectivity index (χ4v) is 4.07. The maximum Gasteiger partial charge on any atom is 0.326 e. The molecule has 0 unspecified atom stereocenters. The molecule has 1 aromatic rings. The van der Waals surface area contributed by atoms with Gasteiger partial charge in [0.1, 0.15) is 5.54 Å². The number of ether oxygens (including phenoxy) is 1. The Morgan fingerprint density at radius 1 is 1.38 bits per heavy atom. The first kappa shape index (κ1) is 17.9. The van der Waals surface area contributed by atoms with Gasteiger partial charge in [0.05, 0.1) is 18.9 Å². The zero-order valence-electron chi connectivity index (χ0n) is 14.7. The average Bonchev–Trinajstić information content (AvgIpc) is 3.09. The number of azide groups is 1. The number of esters is 1. The van der Waals surface area contributed by atoms with E-state index >= 15 is 0 Å². The van der Waals surface area contributed by atoms with Crippen LogP contribution in [0.5, 0.6) is 0 Å². The Hall–Kier alpha value is -2.90. The van der Waals surface area contributed by atoms with Gasteiger partial charge in [-0.1, -0.05) is 29.4 Å². The fourth-order valence-electron chi connectivity index (χ4n) is 4.07. The van der Waals surface area contributed by atoms with Gasteiger partial charge in [-0.25, -0.2) is 0 Å². The average molecular weight is 357 g/mol. The van der Waals surface area contributed by atoms with Crippen molar-refractivity contribution in [2.24, 2.45) is 17.0 Å². The molecule has 0 aliphatic carbocycles. The molecule has 2 heterocycles. The van der Waals surface area contributed by atoms with Crippen molar-refractivity contribution in [3.63, 3.8) is 0 Å². The highest BCUT2D eigenvalue weighted by molar-refractivity contribution is 6.09. The predicted octanol–water partition coefficient (Wildman–Crippen LogP) is 1.83. The van der Waals surface area contributed by atoms with E-state index in [-0.39, 0.29) is 12.5 Å². The van der Waals surface area contributed by atoms with Gasteiger partial charge in [0.2, 0.25) is 11.8 Å². The van der Waals surface area contributed by atoms with Gasteiger partial charge in [-0.2, -0.15) is 0 Å². The fraction of sp³-hybridized carbons (Fsp3) is 0.471. The Morgan fingerprint density at radius 3 is 2.69 bits per heavy atom. The molecule has 2 saturated heterocycles. The first-order valence-corrected chi connectivity index (χ1v) is 8.26. The maximum absolute atomic E-state index is 12.9. The van der Waals surface area contributed by atoms with Crippen LogP contribution in [0.2, 0.25) is 0 Å². The zero-order valence-corrected chi connectivity index (χ0v) is 14.7. The van der Waals surface area contributed by atoms with Crippen molar-refractivity contribution in [2.45, 2.75) is 25.4 Å². The molecule has 0 radical (unpaired) electrons. The standard InChI is InChI=1S/C17H19N5O4/c1-4-22-14(23)11-12(15(22)24)17(2,16(25)26-3)19-13(11)9-7-5-6-8-10(9)20-21-18/h5-8,11-13,19H,4H2,1-3H3/t11-,12-,13-,17-/m1/s1. The summed E-state index contributed by atoms with van der Waals surface area (Å²) in [6.45, 7) is 3.51. The Labute approximate surface area is 149 Å². The van der Waals surface area contributed by atoms with E-state index in [4.69, 9.17) is 10.3 Å². The van der Waals surface area contributed by atoms with Crippen LogP contribution in [0, 0.1) is 11.8 Å². The monoisotopic (exact) mass is 357 g/mol. The number of imide groups is 1. The number of nitrogens with one attached hydrogen (secondary N) is 1. The Balaban J connectivity index is 2.17. The largest absolute Gasteiger partial charge is 0.468 e. The summed E-state index contributed by atoms with van der Waals surface area (Å²) < 4.78 is 4.89. The second kappa shape index (κ2) is 6.44. The van der Waals surface area contributed by atoms with Crippen molar-refractivity contribution in [2.75, 3.05) is 13.7 Å². The quantitative estimate of drug-likeness (QED) is 0.289. The second-order valence-electron chi connectivity index (χ2n) is 6.49. The van der Waals surface area contributed by atoms with Crippen LogP contribution in [-0.2, 0) is 19.1 Å². The van der Waals surface area contributed by atoms with Crippen LogP contribution >= 0.6 is 0 Å². The molecule has 0 aromatic heterocycles. The summed E-state index contributed by atoms with van der Waals surface area (Å²) in [6, 6.07) is 6.14. The van der Waals surface area contributed by atoms with Crippen LogP contribution in [-0.4, -0.2) is 41.9 Å². The third-order valence-electron chi connectivity index (χ3n) is 5.23. The van der Waals surface area contributed by atoms with Crippen molar-refractivity contribution in [3.05, 3.63) is 40.3 Å². The Kier molecular flexibility index (Phi) is 4.43. The molecule has 26 heavy (non-hydrogen) atoms. The smallest absolute Gasteiger partial charge is 0.326 e. The highest BCUT2D eigenvalue weighted by atomic mass is 16.5. The molecule has 2 aliphatic rings. The molecular weight excluding hydrogens is 338 g/mol. The zero-order chi connectivity index (χ0) is 19.1. The molecule has 2 aliphatic heterocycles. The lowest BCUT2D eigenvalue weighted by Gasteiger charge is -2.28. The van der Waals surface area contributed by atoms with Crippen LogP contribution < -0.4 is 5.32 Å². The number of hydrogen-bond donors (Lipinski definition) is 1. The topological polar surface area (TPSA) is 124 Å². The Bertz CT molecular complexity index is 834. The van der Waals surface area contributed by atoms with Crippen LogP contribution in [0.4, 0.5) is 5.69 Å². The van der Waals surface area contributed by atoms with Gasteiger partial charge >= 0.3 is 5.97 Å². The van der Waals surface area contributed by atoms with Gasteiger partial charge in [0.15, 0.2) is 0 Å². The van der Waals surface area contributed by atoms with Gasteiger partial charge < -0.3 is 4.74 Å². The minimum Gasteiger partial charge on any atom is -0.468 e. The van der Waals surface area contributed by atoms with Crippen LogP contribution in [0.15, 0.2) is 29.4 Å². The summed E-state index contributed by atoms with van der Waals surface area (Å²) in [7, 11) is 1.24. The van der Waals surface area contributed by atoms with E-state index in [2.05, 4.69) is 15.3 Å². The molecule has 4 atom stereocenters. The van der Waals surface area contributed by atoms with Crippen LogP contribution in [0.3, 0.4) is 0 Å². The molecule has 1 aromatic carbocycles. The Morgan fingerprint density at radius 2 is 2.08 bits per heavy atom. The normalized spacial score (nSPS) is 30.1. The molecule has 0 saturated carbocycles. The third kappa shape index (κ3) is 2.36. The van der Waals surface area contributed by atoms with E-state index in [0.29, 0.717) is 11.3 Å². The number of amides is 2. The van der Waals surface area contributed by atoms with Gasteiger partial charge in [0.25, 0.3) is 0 Å². The maximum atomic E-state index is 12.9. The lowest BCUT2D eigenvalue weighted by Crippen LogP contribution is -2.53. The predicted molar refractivity (Wildman–Crippen MR) is 90.9 cm³/mol. The number of nitrogens with zero attached hydrogens (tertiary/aromatic N) is 4. The number of carbonyl (C=O) groups excluding carboxylic acids is 3. The molecule has 9 nitrogen and oxygen atoms in total. The summed E-state index contributed by atoms with van der Waals surface area (Å²) in [5.74, 6) is -3.02. The molecule has 0 spiro atoms. The first-order valence-electron chi connectivity index (χ1n) is 8.26. The van der Waals surface area contributed by atoms with E-state index in [1.54, 1.807) is 38.1 Å². The number of hydrogen-bond acceptors (Lipinski definition) is 6. The van der Waals surface area contributed by atoms with Crippen LogP contribution in [0.25, 0.3) is 10.4 Å². The number of rotatable bonds is 4. The van der Waals surface area contributed by atoms with Gasteiger partial charge in [0, 0.05) is 23.2 Å². The molecule has 2 fully saturated rings. The molecular formula is C17H19N5O4. The summed E-state index contributed by atoms with van der Waals surface area (Å²) in [6.07, 6.45) is 0. The molecule has 136 valence electrons. The lowest BCUT2D eigenvalue weighted by atomic mass is 9.80. The van der Waals surface area contributed by atoms with Gasteiger partial charge in [-0.05, 0) is 24.9 Å². The number of benzene rings is 1. The summed E-state index contributed by atoms with van der Waals surface area (Å²) in [5.41, 5.74) is 8.36. The molecule has 3 rings (SSSR count). The number of likely N-dealkylation sites (tertiary alicyclic amines) is 1. The van der Waals surface area contributed by atoms with E-state index in [0.717, 1.165) is 0 Å². The number of methoxy groups -OCH3 is 1. The first-order chi connectivity index (χ1) is 12.4. The number of fused-ring (bicyclic) bond motifs is 1. The molecule has 9 heteroatoms. The summed E-state index contributed by atoms with van der Waals surface area (Å²) in [4.78, 5) is 42.2. The van der Waals surface area contributed by atoms with Crippen molar-refractivity contribution < 1.29 is 19.1 Å². The minimum atomic E-state index is -1.36. The van der Waals surface area contributed by atoms with E-state index < -0.39 is 35.3 Å². The van der Waals surface area contributed by atoms with Crippen molar-refractivity contribution >= 4 is 23.5 Å². The lowest BCUT2D eigenvalue weighted by molar-refractivity contribution is -0.153. The summed E-state index contributed by atoms with van der Waals surface area (Å²) >= 11 is 0. The summed E-state index contributed by atoms with van der Waals surface area (Å²) in [5, 5.41) is 6.79. The van der Waals surface area contributed by atoms with Crippen molar-refractivity contribution in [3.8, 4) is 0 Å². The highest BCUT2D eigenvalue weighted by Crippen LogP contribution is 2.50.